The van der Waals surface area contributed by atoms with E-state index in [1.54, 1.807) is 11.6 Å². The number of rotatable bonds is 6. The Morgan fingerprint density at radius 2 is 1.97 bits per heavy atom. The highest BCUT2D eigenvalue weighted by atomic mass is 19.1. The van der Waals surface area contributed by atoms with Crippen molar-refractivity contribution in [3.8, 4) is 0 Å². The lowest BCUT2D eigenvalue weighted by Gasteiger charge is -2.29. The SMILES string of the molecule is CONC(=O)c1cc(F)ccc1N[C@H](C)c1cc(C)cc2c(=O)n(C)c(N3CCOCC3)nc12. The second kappa shape index (κ2) is 9.78. The number of nitrogens with one attached hydrogen (secondary N) is 2. The number of morpholine rings is 1. The number of carbonyl (C=O) groups is 1. The Bertz CT molecular complexity index is 1290. The third kappa shape index (κ3) is 4.59. The van der Waals surface area contributed by atoms with Crippen LogP contribution in [-0.2, 0) is 16.6 Å². The third-order valence-corrected chi connectivity index (χ3v) is 5.88. The predicted octanol–water partition coefficient (Wildman–Crippen LogP) is 2.68. The molecule has 34 heavy (non-hydrogen) atoms. The van der Waals surface area contributed by atoms with Crippen LogP contribution in [0.4, 0.5) is 16.0 Å². The molecule has 0 radical (unpaired) electrons. The van der Waals surface area contributed by atoms with Crippen LogP contribution in [0.3, 0.4) is 0 Å². The van der Waals surface area contributed by atoms with E-state index < -0.39 is 11.7 Å². The molecule has 0 unspecified atom stereocenters. The van der Waals surface area contributed by atoms with Crippen LogP contribution in [0.25, 0.3) is 10.9 Å². The first-order valence-corrected chi connectivity index (χ1v) is 11.0. The number of fused-ring (bicyclic) bond motifs is 1. The Hall–Kier alpha value is -3.50. The molecule has 9 nitrogen and oxygen atoms in total. The van der Waals surface area contributed by atoms with Crippen molar-refractivity contribution in [3.63, 3.8) is 0 Å². The second-order valence-electron chi connectivity index (χ2n) is 8.32. The van der Waals surface area contributed by atoms with Crippen LogP contribution < -0.4 is 21.3 Å². The van der Waals surface area contributed by atoms with Gasteiger partial charge in [-0.3, -0.25) is 19.0 Å². The summed E-state index contributed by atoms with van der Waals surface area (Å²) in [5, 5.41) is 3.79. The molecule has 10 heteroatoms. The molecule has 1 aliphatic heterocycles. The minimum absolute atomic E-state index is 0.100. The summed E-state index contributed by atoms with van der Waals surface area (Å²) in [5.74, 6) is -0.534. The van der Waals surface area contributed by atoms with Crippen molar-refractivity contribution in [2.45, 2.75) is 19.9 Å². The average Bonchev–Trinajstić information content (AvgIpc) is 2.83. The highest BCUT2D eigenvalue weighted by molar-refractivity contribution is 5.99. The number of benzene rings is 2. The van der Waals surface area contributed by atoms with Crippen molar-refractivity contribution in [3.05, 3.63) is 63.2 Å². The maximum Gasteiger partial charge on any atom is 0.277 e. The molecular formula is C24H28FN5O4. The molecule has 1 aliphatic rings. The fourth-order valence-electron chi connectivity index (χ4n) is 4.21. The summed E-state index contributed by atoms with van der Waals surface area (Å²) < 4.78 is 20.9. The molecule has 2 N–H and O–H groups in total. The Morgan fingerprint density at radius 1 is 1.24 bits per heavy atom. The number of anilines is 2. The first-order valence-electron chi connectivity index (χ1n) is 11.0. The molecule has 2 heterocycles. The van der Waals surface area contributed by atoms with Crippen LogP contribution in [0.15, 0.2) is 35.1 Å². The zero-order valence-corrected chi connectivity index (χ0v) is 19.6. The molecule has 0 bridgehead atoms. The van der Waals surface area contributed by atoms with Gasteiger partial charge in [-0.1, -0.05) is 6.07 Å². The standard InChI is InChI=1S/C24H28FN5O4/c1-14-11-17(15(2)26-20-6-5-16(25)13-18(20)22(31)28-33-4)21-19(12-14)23(32)29(3)24(27-21)30-7-9-34-10-8-30/h5-6,11-13,15,26H,7-10H2,1-4H3,(H,28,31)/t15-/m1/s1. The van der Waals surface area contributed by atoms with Gasteiger partial charge >= 0.3 is 0 Å². The number of carbonyl (C=O) groups excluding carboxylic acids is 1. The highest BCUT2D eigenvalue weighted by Crippen LogP contribution is 2.29. The van der Waals surface area contributed by atoms with Crippen LogP contribution in [0.5, 0.6) is 0 Å². The Balaban J connectivity index is 1.79. The van der Waals surface area contributed by atoms with Crippen molar-refractivity contribution >= 4 is 28.4 Å². The van der Waals surface area contributed by atoms with Crippen LogP contribution in [0.1, 0.15) is 34.5 Å². The maximum atomic E-state index is 13.9. The Labute approximate surface area is 196 Å². The third-order valence-electron chi connectivity index (χ3n) is 5.88. The van der Waals surface area contributed by atoms with E-state index in [9.17, 15) is 14.0 Å². The molecule has 0 aliphatic carbocycles. The Kier molecular flexibility index (Phi) is 6.80. The van der Waals surface area contributed by atoms with E-state index in [4.69, 9.17) is 14.6 Å². The van der Waals surface area contributed by atoms with E-state index in [1.807, 2.05) is 30.9 Å². The van der Waals surface area contributed by atoms with Crippen LogP contribution in [-0.4, -0.2) is 48.9 Å². The van der Waals surface area contributed by atoms with Gasteiger partial charge in [0.2, 0.25) is 5.95 Å². The molecule has 4 rings (SSSR count). The zero-order chi connectivity index (χ0) is 24.4. The van der Waals surface area contributed by atoms with Gasteiger partial charge in [0.05, 0.1) is 42.8 Å². The lowest BCUT2D eigenvalue weighted by atomic mass is 10.0. The summed E-state index contributed by atoms with van der Waals surface area (Å²) in [6.07, 6.45) is 0. The van der Waals surface area contributed by atoms with E-state index in [1.165, 1.54) is 19.2 Å². The van der Waals surface area contributed by atoms with Gasteiger partial charge in [0, 0.05) is 31.4 Å². The minimum atomic E-state index is -0.576. The number of halogens is 1. The number of hydrogen-bond acceptors (Lipinski definition) is 7. The summed E-state index contributed by atoms with van der Waals surface area (Å²) in [4.78, 5) is 37.3. The highest BCUT2D eigenvalue weighted by Gasteiger charge is 2.22. The van der Waals surface area contributed by atoms with E-state index in [2.05, 4.69) is 10.8 Å². The van der Waals surface area contributed by atoms with Gasteiger partial charge in [-0.15, -0.1) is 0 Å². The van der Waals surface area contributed by atoms with Crippen molar-refractivity contribution in [2.75, 3.05) is 43.6 Å². The number of hydrogen-bond donors (Lipinski definition) is 2. The number of nitrogens with zero attached hydrogens (tertiary/aromatic N) is 3. The van der Waals surface area contributed by atoms with E-state index in [-0.39, 0.29) is 17.2 Å². The Morgan fingerprint density at radius 3 is 2.68 bits per heavy atom. The van der Waals surface area contributed by atoms with Crippen molar-refractivity contribution < 1.29 is 18.8 Å². The monoisotopic (exact) mass is 469 g/mol. The smallest absolute Gasteiger partial charge is 0.277 e. The first kappa shape index (κ1) is 23.7. The summed E-state index contributed by atoms with van der Waals surface area (Å²) in [7, 11) is 3.03. The molecule has 0 spiro atoms. The van der Waals surface area contributed by atoms with Gasteiger partial charge in [-0.05, 0) is 43.7 Å². The normalized spacial score (nSPS) is 14.8. The molecule has 2 aromatic carbocycles. The van der Waals surface area contributed by atoms with Crippen molar-refractivity contribution in [2.24, 2.45) is 7.05 Å². The molecule has 180 valence electrons. The van der Waals surface area contributed by atoms with Crippen LogP contribution in [0, 0.1) is 12.7 Å². The number of amides is 1. The lowest BCUT2D eigenvalue weighted by molar-refractivity contribution is 0.0538. The van der Waals surface area contributed by atoms with Crippen molar-refractivity contribution in [1.82, 2.24) is 15.0 Å². The fourth-order valence-corrected chi connectivity index (χ4v) is 4.21. The van der Waals surface area contributed by atoms with Crippen LogP contribution in [0.2, 0.25) is 0 Å². The second-order valence-corrected chi connectivity index (χ2v) is 8.32. The average molecular weight is 470 g/mol. The minimum Gasteiger partial charge on any atom is -0.378 e. The van der Waals surface area contributed by atoms with Gasteiger partial charge in [-0.2, -0.15) is 0 Å². The summed E-state index contributed by atoms with van der Waals surface area (Å²) in [6.45, 7) is 6.26. The van der Waals surface area contributed by atoms with Crippen LogP contribution >= 0.6 is 0 Å². The summed E-state index contributed by atoms with van der Waals surface area (Å²) in [6, 6.07) is 7.37. The molecule has 1 fully saturated rings. The zero-order valence-electron chi connectivity index (χ0n) is 19.6. The molecule has 1 saturated heterocycles. The lowest BCUT2D eigenvalue weighted by Crippen LogP contribution is -2.40. The van der Waals surface area contributed by atoms with Gasteiger partial charge in [0.15, 0.2) is 0 Å². The van der Waals surface area contributed by atoms with Gasteiger partial charge in [-0.25, -0.2) is 14.9 Å². The largest absolute Gasteiger partial charge is 0.378 e. The number of ether oxygens (including phenoxy) is 1. The van der Waals surface area contributed by atoms with Crippen molar-refractivity contribution in [1.29, 1.82) is 0 Å². The molecule has 0 saturated carbocycles. The van der Waals surface area contributed by atoms with E-state index >= 15 is 0 Å². The predicted molar refractivity (Wildman–Crippen MR) is 128 cm³/mol. The summed E-state index contributed by atoms with van der Waals surface area (Å²) >= 11 is 0. The maximum absolute atomic E-state index is 13.9. The number of hydroxylamine groups is 1. The topological polar surface area (TPSA) is 97.7 Å². The molecule has 1 aromatic heterocycles. The van der Waals surface area contributed by atoms with Gasteiger partial charge in [0.1, 0.15) is 5.82 Å². The van der Waals surface area contributed by atoms with E-state index in [0.29, 0.717) is 48.8 Å². The molecule has 1 amide bonds. The first-order chi connectivity index (χ1) is 16.3. The molecular weight excluding hydrogens is 441 g/mol. The fraction of sp³-hybridized carbons (Fsp3) is 0.375. The molecule has 3 aromatic rings. The quantitative estimate of drug-likeness (QED) is 0.536. The summed E-state index contributed by atoms with van der Waals surface area (Å²) in [5.41, 5.74) is 4.90. The van der Waals surface area contributed by atoms with E-state index in [0.717, 1.165) is 17.2 Å². The van der Waals surface area contributed by atoms with Gasteiger partial charge < -0.3 is 15.0 Å². The van der Waals surface area contributed by atoms with Gasteiger partial charge in [0.25, 0.3) is 11.5 Å². The number of aryl methyl sites for hydroxylation is 1. The number of aromatic nitrogens is 2. The molecule has 1 atom stereocenters.